The van der Waals surface area contributed by atoms with E-state index in [1.54, 1.807) is 0 Å². The Morgan fingerprint density at radius 1 is 1.36 bits per heavy atom. The van der Waals surface area contributed by atoms with Crippen molar-refractivity contribution in [3.63, 3.8) is 0 Å². The minimum absolute atomic E-state index is 0.0890. The Labute approximate surface area is 134 Å². The summed E-state index contributed by atoms with van der Waals surface area (Å²) < 4.78 is 1.46. The fraction of sp³-hybridized carbons (Fsp3) is 0.400. The maximum Gasteiger partial charge on any atom is 0.237 e. The van der Waals surface area contributed by atoms with Crippen molar-refractivity contribution >= 4 is 23.4 Å². The lowest BCUT2D eigenvalue weighted by Crippen LogP contribution is -2.23. The standard InChI is InChI=1S/C15H21N5OS/c1-4-5-13-18-19-15(20(13)16)22-11(3)14(21)17-12-8-6-10(2)7-9-12/h6-9,11H,4-5,16H2,1-3H3,(H,17,21)/t11-/m0/s1. The highest BCUT2D eigenvalue weighted by molar-refractivity contribution is 8.00. The number of carbonyl (C=O) groups excluding carboxylic acids is 1. The molecule has 1 aromatic heterocycles. The van der Waals surface area contributed by atoms with Gasteiger partial charge in [0.05, 0.1) is 5.25 Å². The van der Waals surface area contributed by atoms with Crippen LogP contribution in [-0.2, 0) is 11.2 Å². The van der Waals surface area contributed by atoms with Crippen LogP contribution in [0.25, 0.3) is 0 Å². The molecule has 22 heavy (non-hydrogen) atoms. The molecular weight excluding hydrogens is 298 g/mol. The molecule has 0 unspecified atom stereocenters. The monoisotopic (exact) mass is 319 g/mol. The number of nitrogens with zero attached hydrogens (tertiary/aromatic N) is 3. The highest BCUT2D eigenvalue weighted by atomic mass is 32.2. The van der Waals surface area contributed by atoms with Crippen LogP contribution in [0.5, 0.6) is 0 Å². The molecule has 0 aliphatic carbocycles. The van der Waals surface area contributed by atoms with Gasteiger partial charge in [-0.2, -0.15) is 0 Å². The molecule has 7 heteroatoms. The predicted octanol–water partition coefficient (Wildman–Crippen LogP) is 2.37. The Morgan fingerprint density at radius 3 is 2.68 bits per heavy atom. The number of hydrogen-bond acceptors (Lipinski definition) is 5. The second kappa shape index (κ2) is 7.31. The largest absolute Gasteiger partial charge is 0.336 e. The number of carbonyl (C=O) groups is 1. The van der Waals surface area contributed by atoms with Gasteiger partial charge in [-0.1, -0.05) is 36.4 Å². The van der Waals surface area contributed by atoms with Gasteiger partial charge in [0.15, 0.2) is 5.82 Å². The Bertz CT molecular complexity index is 638. The van der Waals surface area contributed by atoms with Crippen molar-refractivity contribution in [2.75, 3.05) is 11.2 Å². The van der Waals surface area contributed by atoms with Crippen molar-refractivity contribution in [2.24, 2.45) is 0 Å². The second-order valence-corrected chi connectivity index (χ2v) is 6.44. The number of rotatable bonds is 6. The molecule has 3 N–H and O–H groups in total. The minimum Gasteiger partial charge on any atom is -0.336 e. The molecule has 0 spiro atoms. The average molecular weight is 319 g/mol. The van der Waals surface area contributed by atoms with Gasteiger partial charge in [-0.05, 0) is 32.4 Å². The van der Waals surface area contributed by atoms with Gasteiger partial charge in [0.25, 0.3) is 0 Å². The van der Waals surface area contributed by atoms with Crippen LogP contribution in [0.4, 0.5) is 5.69 Å². The van der Waals surface area contributed by atoms with Crippen LogP contribution in [0, 0.1) is 6.92 Å². The molecule has 118 valence electrons. The summed E-state index contributed by atoms with van der Waals surface area (Å²) in [5.41, 5.74) is 1.93. The fourth-order valence-corrected chi connectivity index (χ4v) is 2.66. The first kappa shape index (κ1) is 16.4. The topological polar surface area (TPSA) is 85.8 Å². The number of aryl methyl sites for hydroxylation is 2. The van der Waals surface area contributed by atoms with Gasteiger partial charge in [-0.15, -0.1) is 10.2 Å². The Kier molecular flexibility index (Phi) is 5.43. The van der Waals surface area contributed by atoms with Gasteiger partial charge in [0.2, 0.25) is 11.1 Å². The molecule has 0 radical (unpaired) electrons. The lowest BCUT2D eigenvalue weighted by atomic mass is 10.2. The summed E-state index contributed by atoms with van der Waals surface area (Å²) in [7, 11) is 0. The van der Waals surface area contributed by atoms with Gasteiger partial charge >= 0.3 is 0 Å². The zero-order valence-corrected chi connectivity index (χ0v) is 13.9. The normalized spacial score (nSPS) is 12.1. The number of nitrogen functional groups attached to an aromatic ring is 1. The molecule has 1 atom stereocenters. The fourth-order valence-electron chi connectivity index (χ4n) is 1.87. The lowest BCUT2D eigenvalue weighted by molar-refractivity contribution is -0.115. The average Bonchev–Trinajstić information content (AvgIpc) is 2.83. The first-order chi connectivity index (χ1) is 10.5. The summed E-state index contributed by atoms with van der Waals surface area (Å²) in [6.07, 6.45) is 1.72. The van der Waals surface area contributed by atoms with E-state index in [2.05, 4.69) is 22.4 Å². The molecule has 2 rings (SSSR count). The molecule has 6 nitrogen and oxygen atoms in total. The van der Waals surface area contributed by atoms with Crippen molar-refractivity contribution in [3.05, 3.63) is 35.7 Å². The van der Waals surface area contributed by atoms with E-state index in [0.717, 1.165) is 29.9 Å². The zero-order valence-electron chi connectivity index (χ0n) is 13.0. The summed E-state index contributed by atoms with van der Waals surface area (Å²) in [4.78, 5) is 12.2. The van der Waals surface area contributed by atoms with E-state index in [4.69, 9.17) is 5.84 Å². The maximum atomic E-state index is 12.2. The zero-order chi connectivity index (χ0) is 16.1. The lowest BCUT2D eigenvalue weighted by Gasteiger charge is -2.11. The number of nitrogens with two attached hydrogens (primary N) is 1. The molecule has 1 aromatic carbocycles. The third kappa shape index (κ3) is 4.00. The van der Waals surface area contributed by atoms with Gasteiger partial charge in [-0.3, -0.25) is 4.79 Å². The summed E-state index contributed by atoms with van der Waals surface area (Å²) in [5.74, 6) is 6.59. The van der Waals surface area contributed by atoms with E-state index in [1.807, 2.05) is 38.1 Å². The first-order valence-electron chi connectivity index (χ1n) is 7.24. The molecule has 0 bridgehead atoms. The van der Waals surface area contributed by atoms with E-state index in [9.17, 15) is 4.79 Å². The van der Waals surface area contributed by atoms with E-state index >= 15 is 0 Å². The number of aromatic nitrogens is 3. The first-order valence-corrected chi connectivity index (χ1v) is 8.12. The number of benzene rings is 1. The van der Waals surface area contributed by atoms with Crippen LogP contribution in [0.2, 0.25) is 0 Å². The van der Waals surface area contributed by atoms with Crippen LogP contribution in [0.15, 0.2) is 29.4 Å². The van der Waals surface area contributed by atoms with Crippen LogP contribution in [0.1, 0.15) is 31.7 Å². The SMILES string of the molecule is CCCc1nnc(S[C@@H](C)C(=O)Nc2ccc(C)cc2)n1N. The van der Waals surface area contributed by atoms with E-state index < -0.39 is 0 Å². The van der Waals surface area contributed by atoms with Crippen LogP contribution < -0.4 is 11.2 Å². The van der Waals surface area contributed by atoms with Crippen LogP contribution in [0.3, 0.4) is 0 Å². The van der Waals surface area contributed by atoms with Gasteiger partial charge < -0.3 is 11.2 Å². The van der Waals surface area contributed by atoms with E-state index in [0.29, 0.717) is 5.16 Å². The minimum atomic E-state index is -0.317. The molecule has 2 aromatic rings. The molecule has 0 aliphatic heterocycles. The van der Waals surface area contributed by atoms with Crippen molar-refractivity contribution < 1.29 is 4.79 Å². The van der Waals surface area contributed by atoms with Crippen molar-refractivity contribution in [2.45, 2.75) is 44.0 Å². The van der Waals surface area contributed by atoms with E-state index in [-0.39, 0.29) is 11.2 Å². The summed E-state index contributed by atoms with van der Waals surface area (Å²) in [6, 6.07) is 7.69. The molecule has 1 heterocycles. The number of anilines is 1. The molecule has 0 aliphatic rings. The maximum absolute atomic E-state index is 12.2. The van der Waals surface area contributed by atoms with Gasteiger partial charge in [-0.25, -0.2) is 4.68 Å². The molecular formula is C15H21N5OS. The highest BCUT2D eigenvalue weighted by Gasteiger charge is 2.19. The smallest absolute Gasteiger partial charge is 0.237 e. The second-order valence-electron chi connectivity index (χ2n) is 5.13. The summed E-state index contributed by atoms with van der Waals surface area (Å²) >= 11 is 1.30. The molecule has 0 saturated carbocycles. The van der Waals surface area contributed by atoms with Crippen LogP contribution in [-0.4, -0.2) is 26.0 Å². The number of amides is 1. The van der Waals surface area contributed by atoms with E-state index in [1.165, 1.54) is 16.4 Å². The van der Waals surface area contributed by atoms with Crippen molar-refractivity contribution in [1.82, 2.24) is 14.9 Å². The quantitative estimate of drug-likeness (QED) is 0.630. The van der Waals surface area contributed by atoms with Crippen molar-refractivity contribution in [1.29, 1.82) is 0 Å². The molecule has 0 saturated heterocycles. The number of hydrogen-bond donors (Lipinski definition) is 2. The Hall–Kier alpha value is -2.02. The third-order valence-corrected chi connectivity index (χ3v) is 4.24. The summed E-state index contributed by atoms with van der Waals surface area (Å²) in [5, 5.41) is 11.2. The molecule has 0 fully saturated rings. The summed E-state index contributed by atoms with van der Waals surface area (Å²) in [6.45, 7) is 5.88. The Balaban J connectivity index is 1.97. The van der Waals surface area contributed by atoms with Crippen LogP contribution >= 0.6 is 11.8 Å². The Morgan fingerprint density at radius 2 is 2.05 bits per heavy atom. The third-order valence-electron chi connectivity index (χ3n) is 3.18. The van der Waals surface area contributed by atoms with Gasteiger partial charge in [0, 0.05) is 12.1 Å². The van der Waals surface area contributed by atoms with Gasteiger partial charge in [0.1, 0.15) is 0 Å². The predicted molar refractivity (Wildman–Crippen MR) is 89.3 cm³/mol. The molecule has 1 amide bonds. The number of nitrogens with one attached hydrogen (secondary N) is 1. The number of thioether (sulfide) groups is 1. The van der Waals surface area contributed by atoms with Crippen molar-refractivity contribution in [3.8, 4) is 0 Å². The highest BCUT2D eigenvalue weighted by Crippen LogP contribution is 2.22.